The summed E-state index contributed by atoms with van der Waals surface area (Å²) in [6, 6.07) is 16.0. The summed E-state index contributed by atoms with van der Waals surface area (Å²) in [5, 5.41) is 10.3. The number of nitrogens with zero attached hydrogens (tertiary/aromatic N) is 2. The van der Waals surface area contributed by atoms with Gasteiger partial charge in [-0.15, -0.1) is 0 Å². The Kier molecular flexibility index (Phi) is 8.97. The molecule has 0 spiro atoms. The fraction of sp³-hybridized carbons (Fsp3) is 0.400. The maximum absolute atomic E-state index is 12.5. The molecule has 2 fully saturated rings. The molecular formula is C30H34N4O5S. The number of benzene rings is 2. The van der Waals surface area contributed by atoms with Gasteiger partial charge in [-0.25, -0.2) is 18.1 Å². The predicted molar refractivity (Wildman–Crippen MR) is 152 cm³/mol. The molecule has 1 saturated carbocycles. The van der Waals surface area contributed by atoms with Crippen molar-refractivity contribution in [3.8, 4) is 17.6 Å². The lowest BCUT2D eigenvalue weighted by Crippen LogP contribution is -2.35. The van der Waals surface area contributed by atoms with Gasteiger partial charge in [-0.3, -0.25) is 9.69 Å². The van der Waals surface area contributed by atoms with Gasteiger partial charge in [0.2, 0.25) is 15.8 Å². The monoisotopic (exact) mass is 562 g/mol. The van der Waals surface area contributed by atoms with Gasteiger partial charge in [0.15, 0.2) is 0 Å². The second kappa shape index (κ2) is 12.8. The van der Waals surface area contributed by atoms with Crippen LogP contribution >= 0.6 is 0 Å². The number of hydrogen-bond donors (Lipinski definition) is 3. The van der Waals surface area contributed by atoms with Crippen molar-refractivity contribution >= 4 is 10.0 Å². The molecule has 2 aromatic carbocycles. The van der Waals surface area contributed by atoms with Crippen LogP contribution in [0.15, 0.2) is 59.7 Å². The lowest BCUT2D eigenvalue weighted by molar-refractivity contribution is 0.0342. The van der Waals surface area contributed by atoms with E-state index >= 15 is 0 Å². The van der Waals surface area contributed by atoms with E-state index in [4.69, 9.17) is 4.74 Å². The van der Waals surface area contributed by atoms with E-state index in [-0.39, 0.29) is 23.9 Å². The Morgan fingerprint density at radius 3 is 2.27 bits per heavy atom. The number of aromatic hydroxyl groups is 1. The molecule has 3 N–H and O–H groups in total. The van der Waals surface area contributed by atoms with Crippen molar-refractivity contribution in [2.45, 2.75) is 31.7 Å². The average Bonchev–Trinajstić information content (AvgIpc) is 3.77. The average molecular weight is 563 g/mol. The first-order valence-electron chi connectivity index (χ1n) is 13.6. The third-order valence-electron chi connectivity index (χ3n) is 7.20. The van der Waals surface area contributed by atoms with Crippen LogP contribution in [0.2, 0.25) is 0 Å². The van der Waals surface area contributed by atoms with E-state index in [9.17, 15) is 18.3 Å². The van der Waals surface area contributed by atoms with Crippen molar-refractivity contribution in [3.63, 3.8) is 0 Å². The number of hydrogen-bond acceptors (Lipinski definition) is 7. The number of aromatic nitrogens is 2. The molecule has 0 amide bonds. The molecule has 0 bridgehead atoms. The Morgan fingerprint density at radius 2 is 1.65 bits per heavy atom. The fourth-order valence-corrected chi connectivity index (χ4v) is 6.24. The van der Waals surface area contributed by atoms with Crippen LogP contribution in [0.3, 0.4) is 0 Å². The molecule has 40 heavy (non-hydrogen) atoms. The van der Waals surface area contributed by atoms with Gasteiger partial charge >= 0.3 is 0 Å². The molecule has 1 saturated heterocycles. The summed E-state index contributed by atoms with van der Waals surface area (Å²) >= 11 is 0. The minimum absolute atomic E-state index is 0.0299. The van der Waals surface area contributed by atoms with Gasteiger partial charge in [0, 0.05) is 43.2 Å². The number of rotatable bonds is 10. The first kappa shape index (κ1) is 28.1. The lowest BCUT2D eigenvalue weighted by Gasteiger charge is -2.26. The third kappa shape index (κ3) is 8.02. The fourth-order valence-electron chi connectivity index (χ4n) is 4.72. The van der Waals surface area contributed by atoms with Crippen LogP contribution in [0, 0.1) is 17.8 Å². The number of nitrogens with one attached hydrogen (secondary N) is 2. The van der Waals surface area contributed by atoms with E-state index in [2.05, 4.69) is 43.6 Å². The zero-order chi connectivity index (χ0) is 28.0. The number of aromatic amines is 1. The van der Waals surface area contributed by atoms with Crippen molar-refractivity contribution in [1.29, 1.82) is 0 Å². The molecule has 1 atom stereocenters. The molecule has 2 aliphatic rings. The SMILES string of the molecule is O=c1[nH]cnc(C(CNS(=O)(=O)CC2CC2)Cc2ccc(C#Cc3ccc(CN4CCOCC4)cc3)cc2)c1O. The van der Waals surface area contributed by atoms with Crippen LogP contribution in [0.25, 0.3) is 0 Å². The number of sulfonamides is 1. The number of ether oxygens (including phenoxy) is 1. The molecule has 2 heterocycles. The molecule has 5 rings (SSSR count). The zero-order valence-electron chi connectivity index (χ0n) is 22.3. The van der Waals surface area contributed by atoms with E-state index in [1.54, 1.807) is 0 Å². The van der Waals surface area contributed by atoms with Crippen LogP contribution in [0.4, 0.5) is 0 Å². The van der Waals surface area contributed by atoms with Gasteiger partial charge in [0.1, 0.15) is 0 Å². The molecule has 1 aliphatic heterocycles. The first-order valence-corrected chi connectivity index (χ1v) is 15.2. The maximum atomic E-state index is 12.5. The summed E-state index contributed by atoms with van der Waals surface area (Å²) in [6.45, 7) is 4.42. The molecule has 1 unspecified atom stereocenters. The van der Waals surface area contributed by atoms with E-state index in [1.807, 2.05) is 36.4 Å². The molecule has 1 aliphatic carbocycles. The Bertz CT molecular complexity index is 1520. The summed E-state index contributed by atoms with van der Waals surface area (Å²) in [4.78, 5) is 20.9. The highest BCUT2D eigenvalue weighted by Gasteiger charge is 2.29. The highest BCUT2D eigenvalue weighted by atomic mass is 32.2. The molecule has 1 aromatic heterocycles. The van der Waals surface area contributed by atoms with Crippen LogP contribution in [-0.4, -0.2) is 67.0 Å². The highest BCUT2D eigenvalue weighted by molar-refractivity contribution is 7.89. The second-order valence-electron chi connectivity index (χ2n) is 10.5. The van der Waals surface area contributed by atoms with E-state index < -0.39 is 27.2 Å². The van der Waals surface area contributed by atoms with E-state index in [0.29, 0.717) is 6.42 Å². The smallest absolute Gasteiger partial charge is 0.293 e. The predicted octanol–water partition coefficient (Wildman–Crippen LogP) is 2.36. The minimum atomic E-state index is -3.46. The molecule has 9 nitrogen and oxygen atoms in total. The normalized spacial score (nSPS) is 16.7. The van der Waals surface area contributed by atoms with Gasteiger partial charge in [0.25, 0.3) is 5.56 Å². The molecule has 210 valence electrons. The second-order valence-corrected chi connectivity index (χ2v) is 12.3. The largest absolute Gasteiger partial charge is 0.502 e. The Balaban J connectivity index is 1.24. The number of H-pyrrole nitrogens is 1. The molecule has 10 heteroatoms. The molecule has 0 radical (unpaired) electrons. The summed E-state index contributed by atoms with van der Waals surface area (Å²) in [7, 11) is -3.46. The standard InChI is InChI=1S/C30H34N4O5S/c35-29-28(31-21-32-30(29)36)27(18-33-40(37,38)20-26-11-12-26)17-24-7-3-22(4-8-24)1-2-23-5-9-25(10-6-23)19-34-13-15-39-16-14-34/h3-10,21,26-27,33,35H,11-20H2,(H,31,32,36). The van der Waals surface area contributed by atoms with Crippen molar-refractivity contribution in [1.82, 2.24) is 19.6 Å². The van der Waals surface area contributed by atoms with Gasteiger partial charge < -0.3 is 14.8 Å². The van der Waals surface area contributed by atoms with Crippen LogP contribution in [0.5, 0.6) is 5.75 Å². The van der Waals surface area contributed by atoms with E-state index in [1.165, 1.54) is 11.9 Å². The zero-order valence-corrected chi connectivity index (χ0v) is 23.1. The summed E-state index contributed by atoms with van der Waals surface area (Å²) in [5.74, 6) is 5.69. The topological polar surface area (TPSA) is 125 Å². The van der Waals surface area contributed by atoms with Crippen molar-refractivity contribution in [2.24, 2.45) is 5.92 Å². The summed E-state index contributed by atoms with van der Waals surface area (Å²) in [6.07, 6.45) is 3.46. The van der Waals surface area contributed by atoms with Crippen LogP contribution in [0.1, 0.15) is 46.7 Å². The Labute approximate surface area is 234 Å². The number of morpholine rings is 1. The third-order valence-corrected chi connectivity index (χ3v) is 8.71. The van der Waals surface area contributed by atoms with Crippen molar-refractivity contribution in [2.75, 3.05) is 38.6 Å². The van der Waals surface area contributed by atoms with Gasteiger partial charge in [0.05, 0.1) is 31.0 Å². The van der Waals surface area contributed by atoms with Crippen molar-refractivity contribution in [3.05, 3.63) is 93.2 Å². The maximum Gasteiger partial charge on any atom is 0.293 e. The minimum Gasteiger partial charge on any atom is -0.502 e. The van der Waals surface area contributed by atoms with Gasteiger partial charge in [-0.05, 0) is 60.6 Å². The highest BCUT2D eigenvalue weighted by Crippen LogP contribution is 2.30. The first-order chi connectivity index (χ1) is 19.3. The van der Waals surface area contributed by atoms with Crippen LogP contribution in [-0.2, 0) is 27.7 Å². The van der Waals surface area contributed by atoms with Gasteiger partial charge in [-0.2, -0.15) is 0 Å². The molecular weight excluding hydrogens is 528 g/mol. The van der Waals surface area contributed by atoms with Crippen LogP contribution < -0.4 is 10.3 Å². The van der Waals surface area contributed by atoms with E-state index in [0.717, 1.165) is 62.4 Å². The molecule has 3 aromatic rings. The summed E-state index contributed by atoms with van der Waals surface area (Å²) in [5.41, 5.74) is 3.45. The summed E-state index contributed by atoms with van der Waals surface area (Å²) < 4.78 is 33.0. The lowest BCUT2D eigenvalue weighted by atomic mass is 9.95. The van der Waals surface area contributed by atoms with Gasteiger partial charge in [-0.1, -0.05) is 36.1 Å². The quantitative estimate of drug-likeness (QED) is 0.324. The van der Waals surface area contributed by atoms with Crippen molar-refractivity contribution < 1.29 is 18.3 Å². The Morgan fingerprint density at radius 1 is 1.02 bits per heavy atom. The Hall–Kier alpha value is -3.49.